The van der Waals surface area contributed by atoms with Crippen LogP contribution in [0.4, 0.5) is 10.7 Å². The topological polar surface area (TPSA) is 133 Å². The zero-order chi connectivity index (χ0) is 22.7. The van der Waals surface area contributed by atoms with Gasteiger partial charge in [-0.3, -0.25) is 0 Å². The molecule has 2 fully saturated rings. The molecule has 4 heterocycles. The molecule has 11 nitrogen and oxygen atoms in total. The summed E-state index contributed by atoms with van der Waals surface area (Å²) in [5, 5.41) is 4.05. The van der Waals surface area contributed by atoms with Crippen LogP contribution in [0.5, 0.6) is 0 Å². The van der Waals surface area contributed by atoms with E-state index in [0.29, 0.717) is 36.3 Å². The van der Waals surface area contributed by atoms with Crippen molar-refractivity contribution >= 4 is 12.0 Å². The number of nitrogens with two attached hydrogens (primary N) is 1. The molecular formula is C21H31N7O4. The molecule has 2 aliphatic rings. The molecule has 1 amide bonds. The zero-order valence-corrected chi connectivity index (χ0v) is 18.8. The minimum atomic E-state index is -0.360. The molecule has 2 N–H and O–H groups in total. The lowest BCUT2D eigenvalue weighted by Gasteiger charge is -2.32. The van der Waals surface area contributed by atoms with Crippen LogP contribution in [-0.2, 0) is 9.47 Å². The first-order chi connectivity index (χ1) is 15.4. The average molecular weight is 446 g/mol. The summed E-state index contributed by atoms with van der Waals surface area (Å²) in [4.78, 5) is 29.1. The molecule has 4 rings (SSSR count). The molecule has 11 heteroatoms. The van der Waals surface area contributed by atoms with Gasteiger partial charge in [0.25, 0.3) is 5.89 Å². The van der Waals surface area contributed by atoms with Gasteiger partial charge in [-0.1, -0.05) is 5.16 Å². The van der Waals surface area contributed by atoms with Gasteiger partial charge >= 0.3 is 6.09 Å². The molecule has 2 atom stereocenters. The van der Waals surface area contributed by atoms with Crippen molar-refractivity contribution in [2.45, 2.75) is 64.4 Å². The number of nitrogens with zero attached hydrogens (tertiary/aromatic N) is 6. The Hall–Kier alpha value is -2.79. The summed E-state index contributed by atoms with van der Waals surface area (Å²) in [7, 11) is 0. The summed E-state index contributed by atoms with van der Waals surface area (Å²) in [5.74, 6) is 1.48. The number of aromatic nitrogens is 4. The van der Waals surface area contributed by atoms with Gasteiger partial charge in [0.15, 0.2) is 0 Å². The molecule has 0 spiro atoms. The molecule has 2 aromatic rings. The monoisotopic (exact) mass is 445 g/mol. The first-order valence-electron chi connectivity index (χ1n) is 11.2. The molecule has 0 aromatic carbocycles. The summed E-state index contributed by atoms with van der Waals surface area (Å²) in [6, 6.07) is 0.167. The Labute approximate surface area is 187 Å². The van der Waals surface area contributed by atoms with E-state index < -0.39 is 0 Å². The number of carbonyl (C=O) groups is 1. The Morgan fingerprint density at radius 1 is 1.16 bits per heavy atom. The first-order valence-corrected chi connectivity index (χ1v) is 11.2. The molecule has 2 aromatic heterocycles. The fraction of sp³-hybridized carbons (Fsp3) is 0.667. The predicted molar refractivity (Wildman–Crippen MR) is 116 cm³/mol. The highest BCUT2D eigenvalue weighted by Crippen LogP contribution is 2.25. The normalized spacial score (nSPS) is 20.7. The Kier molecular flexibility index (Phi) is 6.85. The second-order valence-electron chi connectivity index (χ2n) is 8.62. The van der Waals surface area contributed by atoms with Gasteiger partial charge in [0.2, 0.25) is 11.8 Å². The van der Waals surface area contributed by atoms with Crippen molar-refractivity contribution in [1.82, 2.24) is 25.0 Å². The Bertz CT molecular complexity index is 896. The van der Waals surface area contributed by atoms with Gasteiger partial charge in [-0.15, -0.1) is 0 Å². The molecule has 0 bridgehead atoms. The van der Waals surface area contributed by atoms with Gasteiger partial charge < -0.3 is 29.5 Å². The van der Waals surface area contributed by atoms with E-state index in [1.165, 1.54) is 0 Å². The highest BCUT2D eigenvalue weighted by atomic mass is 16.6. The predicted octanol–water partition coefficient (Wildman–Crippen LogP) is 2.15. The minimum Gasteiger partial charge on any atom is -0.447 e. The van der Waals surface area contributed by atoms with Gasteiger partial charge in [0.05, 0.1) is 17.8 Å². The summed E-state index contributed by atoms with van der Waals surface area (Å²) >= 11 is 0. The number of piperidine rings is 1. The standard InChI is InChI=1S/C21H31N7O4/c1-13(2)30-21(29)27-8-5-17(6-9-27)31-14(3)19-25-18(26-32-19)15-10-23-20(24-11-15)28-7-4-16(22)12-28/h10-11,13-14,16-17H,4-9,12,22H2,1-3H3. The molecule has 32 heavy (non-hydrogen) atoms. The molecule has 2 aliphatic heterocycles. The lowest BCUT2D eigenvalue weighted by molar-refractivity contribution is -0.0475. The fourth-order valence-electron chi connectivity index (χ4n) is 3.88. The van der Waals surface area contributed by atoms with Gasteiger partial charge in [-0.2, -0.15) is 4.98 Å². The summed E-state index contributed by atoms with van der Waals surface area (Å²) in [6.07, 6.45) is 5.05. The number of likely N-dealkylation sites (tertiary alicyclic amines) is 1. The van der Waals surface area contributed by atoms with Crippen LogP contribution in [-0.4, -0.2) is 75.5 Å². The van der Waals surface area contributed by atoms with Crippen LogP contribution >= 0.6 is 0 Å². The number of hydrogen-bond acceptors (Lipinski definition) is 10. The van der Waals surface area contributed by atoms with E-state index in [1.807, 2.05) is 20.8 Å². The van der Waals surface area contributed by atoms with E-state index in [0.717, 1.165) is 32.4 Å². The van der Waals surface area contributed by atoms with Crippen LogP contribution in [0.3, 0.4) is 0 Å². The van der Waals surface area contributed by atoms with E-state index >= 15 is 0 Å². The summed E-state index contributed by atoms with van der Waals surface area (Å²) in [6.45, 7) is 8.40. The van der Waals surface area contributed by atoms with Crippen molar-refractivity contribution in [3.63, 3.8) is 0 Å². The fourth-order valence-corrected chi connectivity index (χ4v) is 3.88. The van der Waals surface area contributed by atoms with Crippen molar-refractivity contribution in [3.05, 3.63) is 18.3 Å². The van der Waals surface area contributed by atoms with Crippen molar-refractivity contribution < 1.29 is 18.8 Å². The first kappa shape index (κ1) is 22.4. The van der Waals surface area contributed by atoms with E-state index in [1.54, 1.807) is 17.3 Å². The third-order valence-corrected chi connectivity index (χ3v) is 5.63. The molecule has 0 saturated carbocycles. The molecular weight excluding hydrogens is 414 g/mol. The zero-order valence-electron chi connectivity index (χ0n) is 18.8. The van der Waals surface area contributed by atoms with Crippen LogP contribution in [0, 0.1) is 0 Å². The molecule has 2 saturated heterocycles. The number of anilines is 1. The lowest BCUT2D eigenvalue weighted by Crippen LogP contribution is -2.42. The molecule has 0 aliphatic carbocycles. The number of amides is 1. The number of carbonyl (C=O) groups excluding carboxylic acids is 1. The van der Waals surface area contributed by atoms with Crippen LogP contribution in [0.2, 0.25) is 0 Å². The number of ether oxygens (including phenoxy) is 2. The van der Waals surface area contributed by atoms with E-state index in [4.69, 9.17) is 19.7 Å². The van der Waals surface area contributed by atoms with Crippen LogP contribution in [0.25, 0.3) is 11.4 Å². The van der Waals surface area contributed by atoms with Crippen LogP contribution in [0.15, 0.2) is 16.9 Å². The third kappa shape index (κ3) is 5.33. The summed E-state index contributed by atoms with van der Waals surface area (Å²) in [5.41, 5.74) is 6.63. The maximum Gasteiger partial charge on any atom is 0.410 e. The number of hydrogen-bond donors (Lipinski definition) is 1. The smallest absolute Gasteiger partial charge is 0.410 e. The second kappa shape index (κ2) is 9.78. The van der Waals surface area contributed by atoms with E-state index in [-0.39, 0.29) is 30.4 Å². The van der Waals surface area contributed by atoms with Gasteiger partial charge in [0.1, 0.15) is 6.10 Å². The van der Waals surface area contributed by atoms with Gasteiger partial charge in [0, 0.05) is 44.6 Å². The average Bonchev–Trinajstić information content (AvgIpc) is 3.43. The van der Waals surface area contributed by atoms with E-state index in [2.05, 4.69) is 25.0 Å². The largest absolute Gasteiger partial charge is 0.447 e. The van der Waals surface area contributed by atoms with E-state index in [9.17, 15) is 4.79 Å². The van der Waals surface area contributed by atoms with Crippen molar-refractivity contribution in [1.29, 1.82) is 0 Å². The van der Waals surface area contributed by atoms with Crippen LogP contribution < -0.4 is 10.6 Å². The molecule has 0 radical (unpaired) electrons. The second-order valence-corrected chi connectivity index (χ2v) is 8.62. The Balaban J connectivity index is 1.29. The van der Waals surface area contributed by atoms with Crippen molar-refractivity contribution in [3.8, 4) is 11.4 Å². The van der Waals surface area contributed by atoms with Crippen molar-refractivity contribution in [2.24, 2.45) is 5.73 Å². The minimum absolute atomic E-state index is 0.0119. The Morgan fingerprint density at radius 2 is 1.88 bits per heavy atom. The Morgan fingerprint density at radius 3 is 2.50 bits per heavy atom. The highest BCUT2D eigenvalue weighted by molar-refractivity contribution is 5.67. The number of rotatable bonds is 6. The van der Waals surface area contributed by atoms with Gasteiger partial charge in [-0.05, 0) is 40.0 Å². The molecule has 174 valence electrons. The third-order valence-electron chi connectivity index (χ3n) is 5.63. The SMILES string of the molecule is CC(C)OC(=O)N1CCC(OC(C)c2nc(-c3cnc(N4CCC(N)C4)nc3)no2)CC1. The van der Waals surface area contributed by atoms with Crippen molar-refractivity contribution in [2.75, 3.05) is 31.1 Å². The summed E-state index contributed by atoms with van der Waals surface area (Å²) < 4.78 is 16.8. The molecule has 2 unspecified atom stereocenters. The quantitative estimate of drug-likeness (QED) is 0.705. The maximum atomic E-state index is 12.0. The van der Waals surface area contributed by atoms with Gasteiger partial charge in [-0.25, -0.2) is 14.8 Å². The maximum absolute atomic E-state index is 12.0. The lowest BCUT2D eigenvalue weighted by atomic mass is 10.1. The van der Waals surface area contributed by atoms with Crippen LogP contribution in [0.1, 0.15) is 52.0 Å². The highest BCUT2D eigenvalue weighted by Gasteiger charge is 2.28.